The molecule has 0 saturated carbocycles. The molecule has 0 aliphatic carbocycles. The number of hydrogen-bond acceptors (Lipinski definition) is 4. The molecular weight excluding hydrogens is 469 g/mol. The van der Waals surface area contributed by atoms with E-state index in [0.717, 1.165) is 37.6 Å². The zero-order valence-corrected chi connectivity index (χ0v) is 19.5. The molecule has 1 amide bonds. The van der Waals surface area contributed by atoms with Crippen molar-refractivity contribution in [2.75, 3.05) is 46.9 Å². The highest BCUT2D eigenvalue weighted by atomic mass is 127. The third kappa shape index (κ3) is 8.22. The molecule has 1 aliphatic heterocycles. The van der Waals surface area contributed by atoms with E-state index in [1.54, 1.807) is 38.4 Å². The number of methoxy groups -OCH3 is 1. The number of carbonyl (C=O) groups excluding carboxylic acids is 1. The molecule has 0 radical (unpaired) electrons. The van der Waals surface area contributed by atoms with Gasteiger partial charge < -0.3 is 25.6 Å². The van der Waals surface area contributed by atoms with Crippen LogP contribution in [0.3, 0.4) is 0 Å². The van der Waals surface area contributed by atoms with Crippen LogP contribution in [0.4, 0.5) is 0 Å². The van der Waals surface area contributed by atoms with Crippen LogP contribution < -0.4 is 20.7 Å². The summed E-state index contributed by atoms with van der Waals surface area (Å²) >= 11 is 0. The maximum absolute atomic E-state index is 12.1. The topological polar surface area (TPSA) is 78.0 Å². The highest BCUT2D eigenvalue weighted by molar-refractivity contribution is 14.0. The maximum Gasteiger partial charge on any atom is 0.251 e. The summed E-state index contributed by atoms with van der Waals surface area (Å²) in [5, 5.41) is 9.66. The number of piperidine rings is 1. The Hall–Kier alpha value is -1.55. The molecule has 1 saturated heterocycles. The van der Waals surface area contributed by atoms with E-state index in [1.807, 2.05) is 0 Å². The number of rotatable bonds is 8. The molecule has 28 heavy (non-hydrogen) atoms. The van der Waals surface area contributed by atoms with E-state index in [-0.39, 0.29) is 29.9 Å². The van der Waals surface area contributed by atoms with Gasteiger partial charge >= 0.3 is 0 Å². The van der Waals surface area contributed by atoms with E-state index in [4.69, 9.17) is 4.74 Å². The number of guanidine groups is 1. The molecular formula is C20H34IN5O2. The van der Waals surface area contributed by atoms with Gasteiger partial charge in [0, 0.05) is 44.8 Å². The van der Waals surface area contributed by atoms with Gasteiger partial charge in [-0.1, -0.05) is 6.92 Å². The molecule has 3 N–H and O–H groups in total. The van der Waals surface area contributed by atoms with Gasteiger partial charge in [-0.3, -0.25) is 9.79 Å². The number of halogens is 1. The van der Waals surface area contributed by atoms with Gasteiger partial charge in [0.05, 0.1) is 7.11 Å². The van der Waals surface area contributed by atoms with Crippen LogP contribution in [-0.4, -0.2) is 69.7 Å². The fourth-order valence-corrected chi connectivity index (χ4v) is 3.21. The number of nitrogens with one attached hydrogen (secondary N) is 3. The first-order valence-electron chi connectivity index (χ1n) is 9.78. The average molecular weight is 503 g/mol. The summed E-state index contributed by atoms with van der Waals surface area (Å²) in [7, 11) is 3.38. The van der Waals surface area contributed by atoms with Gasteiger partial charge in [-0.2, -0.15) is 0 Å². The van der Waals surface area contributed by atoms with E-state index < -0.39 is 0 Å². The second-order valence-corrected chi connectivity index (χ2v) is 6.74. The number of aliphatic imine (C=N–C) groups is 1. The standard InChI is InChI=1S/C20H33N5O2.HI/c1-4-13-25-14-9-17(10-15-25)24-20(21-2)23-12-11-22-19(26)16-5-7-18(27-3)8-6-16;/h5-8,17H,4,9-15H2,1-3H3,(H,22,26)(H2,21,23,24);1H. The summed E-state index contributed by atoms with van der Waals surface area (Å²) in [6.45, 7) is 6.84. The van der Waals surface area contributed by atoms with Crippen molar-refractivity contribution < 1.29 is 9.53 Å². The van der Waals surface area contributed by atoms with Crippen molar-refractivity contribution in [1.82, 2.24) is 20.9 Å². The van der Waals surface area contributed by atoms with Crippen LogP contribution in [0.2, 0.25) is 0 Å². The SMILES string of the molecule is CCCN1CCC(NC(=NC)NCCNC(=O)c2ccc(OC)cc2)CC1.I. The van der Waals surface area contributed by atoms with Gasteiger partial charge in [0.2, 0.25) is 0 Å². The summed E-state index contributed by atoms with van der Waals surface area (Å²) in [4.78, 5) is 18.9. The molecule has 2 rings (SSSR count). The Morgan fingerprint density at radius 2 is 1.82 bits per heavy atom. The number of nitrogens with zero attached hydrogens (tertiary/aromatic N) is 2. The van der Waals surface area contributed by atoms with Crippen LogP contribution in [0.25, 0.3) is 0 Å². The predicted molar refractivity (Wildman–Crippen MR) is 125 cm³/mol. The van der Waals surface area contributed by atoms with Crippen molar-refractivity contribution in [1.29, 1.82) is 0 Å². The monoisotopic (exact) mass is 503 g/mol. The van der Waals surface area contributed by atoms with E-state index in [1.165, 1.54) is 13.0 Å². The summed E-state index contributed by atoms with van der Waals surface area (Å²) < 4.78 is 5.10. The molecule has 7 nitrogen and oxygen atoms in total. The Morgan fingerprint density at radius 1 is 1.18 bits per heavy atom. The number of benzene rings is 1. The number of amides is 1. The smallest absolute Gasteiger partial charge is 0.251 e. The first-order valence-corrected chi connectivity index (χ1v) is 9.78. The third-order valence-electron chi connectivity index (χ3n) is 4.75. The maximum atomic E-state index is 12.1. The molecule has 1 heterocycles. The van der Waals surface area contributed by atoms with E-state index >= 15 is 0 Å². The minimum atomic E-state index is -0.0919. The van der Waals surface area contributed by atoms with Gasteiger partial charge in [0.25, 0.3) is 5.91 Å². The summed E-state index contributed by atoms with van der Waals surface area (Å²) in [6, 6.07) is 7.54. The quantitative estimate of drug-likeness (QED) is 0.219. The highest BCUT2D eigenvalue weighted by Crippen LogP contribution is 2.11. The largest absolute Gasteiger partial charge is 0.497 e. The van der Waals surface area contributed by atoms with E-state index in [9.17, 15) is 4.79 Å². The molecule has 1 aromatic rings. The van der Waals surface area contributed by atoms with Crippen molar-refractivity contribution in [3.63, 3.8) is 0 Å². The molecule has 0 spiro atoms. The van der Waals surface area contributed by atoms with Gasteiger partial charge in [0.1, 0.15) is 5.75 Å². The fraction of sp³-hybridized carbons (Fsp3) is 0.600. The number of likely N-dealkylation sites (tertiary alicyclic amines) is 1. The van der Waals surface area contributed by atoms with Crippen LogP contribution in [0.15, 0.2) is 29.3 Å². The second-order valence-electron chi connectivity index (χ2n) is 6.74. The first kappa shape index (κ1) is 24.5. The molecule has 0 atom stereocenters. The summed E-state index contributed by atoms with van der Waals surface area (Å²) in [5.74, 6) is 1.44. The normalized spacial score (nSPS) is 15.5. The van der Waals surface area contributed by atoms with Crippen molar-refractivity contribution in [3.8, 4) is 5.75 Å². The molecule has 0 unspecified atom stereocenters. The lowest BCUT2D eigenvalue weighted by Crippen LogP contribution is -2.49. The van der Waals surface area contributed by atoms with Crippen molar-refractivity contribution in [3.05, 3.63) is 29.8 Å². The average Bonchev–Trinajstić information content (AvgIpc) is 2.71. The van der Waals surface area contributed by atoms with Crippen LogP contribution in [-0.2, 0) is 0 Å². The Morgan fingerprint density at radius 3 is 2.39 bits per heavy atom. The van der Waals surface area contributed by atoms with Crippen molar-refractivity contribution in [2.24, 2.45) is 4.99 Å². The lowest BCUT2D eigenvalue weighted by atomic mass is 10.1. The summed E-state index contributed by atoms with van der Waals surface area (Å²) in [5.41, 5.74) is 0.622. The zero-order valence-electron chi connectivity index (χ0n) is 17.2. The second kappa shape index (κ2) is 13.6. The molecule has 1 fully saturated rings. The van der Waals surface area contributed by atoms with Crippen LogP contribution in [0.1, 0.15) is 36.5 Å². The minimum Gasteiger partial charge on any atom is -0.497 e. The molecule has 8 heteroatoms. The zero-order chi connectivity index (χ0) is 19.5. The Balaban J connectivity index is 0.00000392. The molecule has 158 valence electrons. The Bertz CT molecular complexity index is 601. The Labute approximate surface area is 185 Å². The predicted octanol–water partition coefficient (Wildman–Crippen LogP) is 2.08. The molecule has 0 aromatic heterocycles. The van der Waals surface area contributed by atoms with Crippen molar-refractivity contribution >= 4 is 35.8 Å². The van der Waals surface area contributed by atoms with Gasteiger partial charge in [0.15, 0.2) is 5.96 Å². The molecule has 0 bridgehead atoms. The van der Waals surface area contributed by atoms with Crippen molar-refractivity contribution in [2.45, 2.75) is 32.2 Å². The van der Waals surface area contributed by atoms with E-state index in [0.29, 0.717) is 24.7 Å². The van der Waals surface area contributed by atoms with E-state index in [2.05, 4.69) is 32.8 Å². The van der Waals surface area contributed by atoms with Crippen LogP contribution >= 0.6 is 24.0 Å². The Kier molecular flexibility index (Phi) is 11.9. The van der Waals surface area contributed by atoms with Crippen LogP contribution in [0, 0.1) is 0 Å². The molecule has 1 aromatic carbocycles. The minimum absolute atomic E-state index is 0. The summed E-state index contributed by atoms with van der Waals surface area (Å²) in [6.07, 6.45) is 3.48. The lowest BCUT2D eigenvalue weighted by Gasteiger charge is -2.32. The molecule has 1 aliphatic rings. The van der Waals surface area contributed by atoms with Crippen LogP contribution in [0.5, 0.6) is 5.75 Å². The highest BCUT2D eigenvalue weighted by Gasteiger charge is 2.19. The van der Waals surface area contributed by atoms with Gasteiger partial charge in [-0.25, -0.2) is 0 Å². The van der Waals surface area contributed by atoms with Gasteiger partial charge in [-0.15, -0.1) is 24.0 Å². The van der Waals surface area contributed by atoms with Gasteiger partial charge in [-0.05, 0) is 50.1 Å². The number of hydrogen-bond donors (Lipinski definition) is 3. The first-order chi connectivity index (χ1) is 13.2. The number of ether oxygens (including phenoxy) is 1. The third-order valence-corrected chi connectivity index (χ3v) is 4.75. The lowest BCUT2D eigenvalue weighted by molar-refractivity contribution is 0.0954. The number of carbonyl (C=O) groups is 1. The fourth-order valence-electron chi connectivity index (χ4n) is 3.21.